The van der Waals surface area contributed by atoms with E-state index in [9.17, 15) is 30.6 Å². The van der Waals surface area contributed by atoms with E-state index < -0.39 is 78.7 Å². The highest BCUT2D eigenvalue weighted by Gasteiger charge is 2.69. The second-order valence-electron chi connectivity index (χ2n) is 17.9. The average molecular weight is 709 g/mol. The first kappa shape index (κ1) is 36.2. The molecule has 3 saturated carbocycles. The summed E-state index contributed by atoms with van der Waals surface area (Å²) < 4.78 is 38.0. The van der Waals surface area contributed by atoms with Gasteiger partial charge in [0.25, 0.3) is 0 Å². The number of aliphatic hydroxyl groups excluding tert-OH is 6. The summed E-state index contributed by atoms with van der Waals surface area (Å²) >= 11 is 0. The zero-order valence-corrected chi connectivity index (χ0v) is 30.2. The summed E-state index contributed by atoms with van der Waals surface area (Å²) in [7, 11) is 0. The van der Waals surface area contributed by atoms with E-state index in [1.807, 2.05) is 0 Å². The first-order valence-corrected chi connectivity index (χ1v) is 19.4. The van der Waals surface area contributed by atoms with E-state index in [-0.39, 0.29) is 18.1 Å². The Morgan fingerprint density at radius 2 is 1.60 bits per heavy atom. The van der Waals surface area contributed by atoms with Gasteiger partial charge in [0, 0.05) is 24.2 Å². The van der Waals surface area contributed by atoms with Crippen molar-refractivity contribution in [3.8, 4) is 0 Å². The number of rotatable bonds is 4. The zero-order valence-electron chi connectivity index (χ0n) is 30.2. The Morgan fingerprint density at radius 1 is 0.820 bits per heavy atom. The Bertz CT molecular complexity index is 1290. The van der Waals surface area contributed by atoms with Crippen LogP contribution in [0.1, 0.15) is 86.0 Å². The van der Waals surface area contributed by atoms with Crippen LogP contribution in [-0.2, 0) is 28.4 Å². The summed E-state index contributed by atoms with van der Waals surface area (Å²) in [6, 6.07) is 0. The molecule has 0 unspecified atom stereocenters. The third-order valence-corrected chi connectivity index (χ3v) is 15.2. The van der Waals surface area contributed by atoms with Crippen molar-refractivity contribution in [2.24, 2.45) is 46.3 Å². The molecule has 4 aliphatic carbocycles. The fourth-order valence-electron chi connectivity index (χ4n) is 12.4. The van der Waals surface area contributed by atoms with Crippen LogP contribution in [0, 0.1) is 46.3 Å². The van der Waals surface area contributed by atoms with Gasteiger partial charge in [0.05, 0.1) is 37.6 Å². The molecule has 12 heteroatoms. The fourth-order valence-corrected chi connectivity index (χ4v) is 12.4. The van der Waals surface area contributed by atoms with Crippen LogP contribution >= 0.6 is 0 Å². The number of allylic oxidation sites excluding steroid dienone is 1. The van der Waals surface area contributed by atoms with Gasteiger partial charge < -0.3 is 59.1 Å². The molecule has 0 bridgehead atoms. The van der Waals surface area contributed by atoms with Crippen LogP contribution in [0.3, 0.4) is 0 Å². The van der Waals surface area contributed by atoms with Crippen molar-refractivity contribution in [1.29, 1.82) is 0 Å². The average Bonchev–Trinajstić information content (AvgIpc) is 3.53. The van der Waals surface area contributed by atoms with Crippen LogP contribution in [-0.4, -0.2) is 123 Å². The second-order valence-corrected chi connectivity index (χ2v) is 17.9. The maximum absolute atomic E-state index is 11.1. The van der Waals surface area contributed by atoms with Gasteiger partial charge in [-0.05, 0) is 80.5 Å². The van der Waals surface area contributed by atoms with Crippen LogP contribution in [0.4, 0.5) is 0 Å². The van der Waals surface area contributed by atoms with Gasteiger partial charge in [0.15, 0.2) is 18.4 Å². The molecule has 6 N–H and O–H groups in total. The third kappa shape index (κ3) is 5.45. The van der Waals surface area contributed by atoms with Gasteiger partial charge in [-0.3, -0.25) is 0 Å². The van der Waals surface area contributed by atoms with Gasteiger partial charge >= 0.3 is 0 Å². The molecular weight excluding hydrogens is 648 g/mol. The SMILES string of the molecule is C[C@H]1CC[C@@]2(OC1)O[C@H]1C[C@H]3[C@H]4CC=C5C[C@@H](O)C[C@@H](O[C@H]6OC[C@@H](O)[C@@H](O)[C@H]6O[C@@H]6O[C@@H](C)[C@H](O)[C@H](O)[C@@H]6O)[C@@]5(C)[C@H]4CC[C@@]3(C)[C@H]1[C@@H]2C. The van der Waals surface area contributed by atoms with Gasteiger partial charge in [-0.1, -0.05) is 39.3 Å². The topological polar surface area (TPSA) is 177 Å². The number of aliphatic hydroxyl groups is 6. The highest BCUT2D eigenvalue weighted by Crippen LogP contribution is 2.71. The Labute approximate surface area is 295 Å². The van der Waals surface area contributed by atoms with E-state index in [0.29, 0.717) is 48.3 Å². The number of fused-ring (bicyclic) bond motifs is 7. The Hall–Kier alpha value is -0.740. The van der Waals surface area contributed by atoms with Crippen molar-refractivity contribution < 1.29 is 59.1 Å². The minimum Gasteiger partial charge on any atom is -0.393 e. The van der Waals surface area contributed by atoms with Gasteiger partial charge in [0.1, 0.15) is 36.6 Å². The minimum atomic E-state index is -1.60. The van der Waals surface area contributed by atoms with Gasteiger partial charge in [0.2, 0.25) is 0 Å². The molecule has 8 aliphatic rings. The van der Waals surface area contributed by atoms with Crippen LogP contribution < -0.4 is 0 Å². The summed E-state index contributed by atoms with van der Waals surface area (Å²) in [6.07, 6.45) is -3.26. The highest BCUT2D eigenvalue weighted by atomic mass is 16.8. The maximum atomic E-state index is 11.1. The number of ether oxygens (including phenoxy) is 6. The van der Waals surface area contributed by atoms with Crippen molar-refractivity contribution in [1.82, 2.24) is 0 Å². The van der Waals surface area contributed by atoms with Gasteiger partial charge in [-0.15, -0.1) is 0 Å². The molecule has 21 atom stereocenters. The summed E-state index contributed by atoms with van der Waals surface area (Å²) in [4.78, 5) is 0. The largest absolute Gasteiger partial charge is 0.393 e. The lowest BCUT2D eigenvalue weighted by molar-refractivity contribution is -0.362. The number of hydrogen-bond acceptors (Lipinski definition) is 12. The van der Waals surface area contributed by atoms with Crippen molar-refractivity contribution in [3.05, 3.63) is 11.6 Å². The molecule has 12 nitrogen and oxygen atoms in total. The Morgan fingerprint density at radius 3 is 2.34 bits per heavy atom. The second kappa shape index (κ2) is 12.9. The van der Waals surface area contributed by atoms with Crippen LogP contribution in [0.2, 0.25) is 0 Å². The van der Waals surface area contributed by atoms with Crippen molar-refractivity contribution in [2.75, 3.05) is 13.2 Å². The summed E-state index contributed by atoms with van der Waals surface area (Å²) in [5.41, 5.74) is 0.917. The van der Waals surface area contributed by atoms with E-state index in [2.05, 4.69) is 33.8 Å². The molecule has 7 fully saturated rings. The van der Waals surface area contributed by atoms with Crippen molar-refractivity contribution >= 4 is 0 Å². The maximum Gasteiger partial charge on any atom is 0.187 e. The molecule has 0 amide bonds. The molecule has 8 rings (SSSR count). The lowest BCUT2D eigenvalue weighted by atomic mass is 9.46. The van der Waals surface area contributed by atoms with E-state index in [1.54, 1.807) is 6.92 Å². The van der Waals surface area contributed by atoms with E-state index in [4.69, 9.17) is 28.4 Å². The standard InChI is InChI=1S/C38H60O12/c1-17-8-11-38(46-15-17)18(2)28-26(50-38)14-24-22-7-6-20-12-21(39)13-27(37(20,5)23(22)9-10-36(24,28)4)48-35-33(30(42)25(40)16-45-35)49-34-32(44)31(43)29(41)19(3)47-34/h6,17-19,21-35,39-44H,7-16H2,1-5H3/t17-,18-,19-,21+,22-,23-,24-,25+,26-,27+,28-,29-,30+,31-,32-,33+,34-,35+,36+,37+,38+/m0/s1. The minimum absolute atomic E-state index is 0.134. The molecule has 0 radical (unpaired) electrons. The van der Waals surface area contributed by atoms with Gasteiger partial charge in [-0.25, -0.2) is 0 Å². The predicted molar refractivity (Wildman–Crippen MR) is 177 cm³/mol. The molecule has 1 spiro atoms. The predicted octanol–water partition coefficient (Wildman–Crippen LogP) is 2.00. The summed E-state index contributed by atoms with van der Waals surface area (Å²) in [6.45, 7) is 11.5. The quantitative estimate of drug-likeness (QED) is 0.235. The lowest BCUT2D eigenvalue weighted by Gasteiger charge is -2.60. The molecule has 4 aliphatic heterocycles. The molecule has 0 aromatic rings. The monoisotopic (exact) mass is 708 g/mol. The van der Waals surface area contributed by atoms with E-state index >= 15 is 0 Å². The van der Waals surface area contributed by atoms with Crippen LogP contribution in [0.25, 0.3) is 0 Å². The fraction of sp³-hybridized carbons (Fsp3) is 0.947. The van der Waals surface area contributed by atoms with Crippen molar-refractivity contribution in [3.63, 3.8) is 0 Å². The molecule has 0 aromatic carbocycles. The lowest BCUT2D eigenvalue weighted by Crippen LogP contribution is -2.63. The first-order valence-electron chi connectivity index (χ1n) is 19.4. The molecule has 284 valence electrons. The molecular formula is C38H60O12. The zero-order chi connectivity index (χ0) is 35.5. The third-order valence-electron chi connectivity index (χ3n) is 15.2. The number of hydrogen-bond donors (Lipinski definition) is 6. The van der Waals surface area contributed by atoms with Crippen molar-refractivity contribution in [2.45, 2.75) is 165 Å². The molecule has 4 saturated heterocycles. The van der Waals surface area contributed by atoms with E-state index in [1.165, 1.54) is 5.57 Å². The Balaban J connectivity index is 1.04. The normalized spacial score (nSPS) is 59.3. The summed E-state index contributed by atoms with van der Waals surface area (Å²) in [5, 5.41) is 64.1. The molecule has 4 heterocycles. The van der Waals surface area contributed by atoms with Gasteiger partial charge in [-0.2, -0.15) is 0 Å². The van der Waals surface area contributed by atoms with Crippen LogP contribution in [0.15, 0.2) is 11.6 Å². The first-order chi connectivity index (χ1) is 23.7. The van der Waals surface area contributed by atoms with E-state index in [0.717, 1.165) is 45.1 Å². The van der Waals surface area contributed by atoms with Crippen LogP contribution in [0.5, 0.6) is 0 Å². The highest BCUT2D eigenvalue weighted by molar-refractivity contribution is 5.28. The molecule has 0 aromatic heterocycles. The Kier molecular flexibility index (Phi) is 9.38. The molecule has 50 heavy (non-hydrogen) atoms. The smallest absolute Gasteiger partial charge is 0.187 e. The summed E-state index contributed by atoms with van der Waals surface area (Å²) in [5.74, 6) is 2.08.